The third-order valence-corrected chi connectivity index (χ3v) is 5.84. The zero-order valence-electron chi connectivity index (χ0n) is 17.6. The summed E-state index contributed by atoms with van der Waals surface area (Å²) in [6.07, 6.45) is 0.112. The molecule has 2 N–H and O–H groups in total. The Balaban J connectivity index is 1.63. The van der Waals surface area contributed by atoms with Crippen LogP contribution >= 0.6 is 0 Å². The van der Waals surface area contributed by atoms with Crippen molar-refractivity contribution in [3.8, 4) is 0 Å². The third-order valence-electron chi connectivity index (χ3n) is 5.84. The number of benzene rings is 1. The fraction of sp³-hybridized carbons (Fsp3) is 0.500. The summed E-state index contributed by atoms with van der Waals surface area (Å²) in [4.78, 5) is 22.9. The van der Waals surface area contributed by atoms with Crippen molar-refractivity contribution in [1.82, 2.24) is 15.3 Å². The van der Waals surface area contributed by atoms with Gasteiger partial charge in [0.2, 0.25) is 11.9 Å². The predicted octanol–water partition coefficient (Wildman–Crippen LogP) is 4.14. The normalized spacial score (nSPS) is 18.6. The first-order chi connectivity index (χ1) is 14.7. The molecule has 1 amide bonds. The second-order valence-electron chi connectivity index (χ2n) is 8.29. The number of nitrogens with one attached hydrogen (secondary N) is 2. The van der Waals surface area contributed by atoms with Gasteiger partial charge in [0.05, 0.1) is 11.3 Å². The van der Waals surface area contributed by atoms with Crippen molar-refractivity contribution in [2.75, 3.05) is 23.3 Å². The highest BCUT2D eigenvalue weighted by molar-refractivity contribution is 5.73. The van der Waals surface area contributed by atoms with Crippen molar-refractivity contribution in [3.63, 3.8) is 0 Å². The van der Waals surface area contributed by atoms with Crippen molar-refractivity contribution in [2.24, 2.45) is 0 Å². The molecule has 1 aromatic heterocycles. The Morgan fingerprint density at radius 2 is 2.00 bits per heavy atom. The van der Waals surface area contributed by atoms with E-state index in [1.165, 1.54) is 19.9 Å². The fourth-order valence-corrected chi connectivity index (χ4v) is 4.44. The lowest BCUT2D eigenvalue weighted by Gasteiger charge is -2.35. The summed E-state index contributed by atoms with van der Waals surface area (Å²) in [6, 6.07) is 4.21. The van der Waals surface area contributed by atoms with Crippen LogP contribution in [0.15, 0.2) is 18.2 Å². The molecule has 0 bridgehead atoms. The predicted molar refractivity (Wildman–Crippen MR) is 113 cm³/mol. The van der Waals surface area contributed by atoms with E-state index in [1.54, 1.807) is 6.07 Å². The summed E-state index contributed by atoms with van der Waals surface area (Å²) in [6.45, 7) is 4.44. The molecule has 2 aliphatic rings. The van der Waals surface area contributed by atoms with Gasteiger partial charge in [0.1, 0.15) is 5.82 Å². The Bertz CT molecular complexity index is 992. The number of rotatable bonds is 4. The Morgan fingerprint density at radius 3 is 2.74 bits per heavy atom. The number of amides is 1. The molecule has 2 aromatic rings. The maximum atomic E-state index is 13.3. The maximum Gasteiger partial charge on any atom is 0.416 e. The highest BCUT2D eigenvalue weighted by Crippen LogP contribution is 2.35. The lowest BCUT2D eigenvalue weighted by molar-refractivity contribution is -0.138. The van der Waals surface area contributed by atoms with Gasteiger partial charge in [-0.1, -0.05) is 6.07 Å². The molecule has 1 saturated heterocycles. The number of carbonyl (C=O) groups excluding carboxylic acids is 1. The van der Waals surface area contributed by atoms with Gasteiger partial charge >= 0.3 is 6.18 Å². The van der Waals surface area contributed by atoms with E-state index in [4.69, 9.17) is 4.98 Å². The van der Waals surface area contributed by atoms with Crippen LogP contribution in [0.1, 0.15) is 48.6 Å². The van der Waals surface area contributed by atoms with Crippen LogP contribution in [-0.4, -0.2) is 35.0 Å². The molecule has 0 saturated carbocycles. The van der Waals surface area contributed by atoms with Crippen LogP contribution in [0.3, 0.4) is 0 Å². The Labute approximate surface area is 179 Å². The summed E-state index contributed by atoms with van der Waals surface area (Å²) in [5.74, 6) is 1.07. The number of alkyl halides is 3. The minimum atomic E-state index is -4.42. The van der Waals surface area contributed by atoms with Crippen molar-refractivity contribution < 1.29 is 18.0 Å². The molecule has 1 aliphatic heterocycles. The molecule has 0 radical (unpaired) electrons. The molecule has 1 fully saturated rings. The smallest absolute Gasteiger partial charge is 0.354 e. The van der Waals surface area contributed by atoms with Crippen LogP contribution in [0.4, 0.5) is 30.6 Å². The van der Waals surface area contributed by atoms with Crippen LogP contribution in [-0.2, 0) is 23.8 Å². The molecule has 1 aliphatic carbocycles. The summed E-state index contributed by atoms with van der Waals surface area (Å²) in [5.41, 5.74) is 1.85. The van der Waals surface area contributed by atoms with E-state index in [2.05, 4.69) is 20.5 Å². The van der Waals surface area contributed by atoms with Gasteiger partial charge in [0, 0.05) is 37.3 Å². The zero-order valence-corrected chi connectivity index (χ0v) is 17.6. The van der Waals surface area contributed by atoms with Crippen LogP contribution in [0, 0.1) is 6.92 Å². The van der Waals surface area contributed by atoms with Gasteiger partial charge in [-0.05, 0) is 56.7 Å². The van der Waals surface area contributed by atoms with Crippen LogP contribution in [0.25, 0.3) is 0 Å². The topological polar surface area (TPSA) is 70.2 Å². The van der Waals surface area contributed by atoms with Crippen LogP contribution in [0.5, 0.6) is 0 Å². The number of piperidine rings is 1. The van der Waals surface area contributed by atoms with Crippen molar-refractivity contribution in [3.05, 3.63) is 40.6 Å². The van der Waals surface area contributed by atoms with Gasteiger partial charge < -0.3 is 15.5 Å². The molecule has 1 atom stereocenters. The Kier molecular flexibility index (Phi) is 5.77. The molecule has 31 heavy (non-hydrogen) atoms. The van der Waals surface area contributed by atoms with E-state index < -0.39 is 11.7 Å². The van der Waals surface area contributed by atoms with E-state index >= 15 is 0 Å². The molecule has 0 unspecified atom stereocenters. The number of aromatic nitrogens is 2. The quantitative estimate of drug-likeness (QED) is 0.759. The molecule has 166 valence electrons. The average molecular weight is 433 g/mol. The lowest BCUT2D eigenvalue weighted by Crippen LogP contribution is -2.47. The zero-order chi connectivity index (χ0) is 22.2. The first kappa shape index (κ1) is 21.4. The molecule has 6 nitrogen and oxygen atoms in total. The van der Waals surface area contributed by atoms with Gasteiger partial charge in [-0.3, -0.25) is 4.79 Å². The third kappa shape index (κ3) is 4.75. The maximum absolute atomic E-state index is 13.3. The molecule has 0 spiro atoms. The van der Waals surface area contributed by atoms with Crippen LogP contribution in [0.2, 0.25) is 0 Å². The summed E-state index contributed by atoms with van der Waals surface area (Å²) in [7, 11) is 0. The number of anilines is 3. The van der Waals surface area contributed by atoms with Gasteiger partial charge in [0.15, 0.2) is 0 Å². The molecule has 2 heterocycles. The Hall–Kier alpha value is -2.84. The van der Waals surface area contributed by atoms with Crippen molar-refractivity contribution in [2.45, 2.75) is 58.2 Å². The summed E-state index contributed by atoms with van der Waals surface area (Å²) < 4.78 is 39.9. The molecule has 9 heteroatoms. The largest absolute Gasteiger partial charge is 0.416 e. The first-order valence-corrected chi connectivity index (χ1v) is 10.6. The number of hydrogen-bond acceptors (Lipinski definition) is 5. The van der Waals surface area contributed by atoms with Gasteiger partial charge in [0.25, 0.3) is 0 Å². The number of aryl methyl sites for hydroxylation is 2. The first-order valence-electron chi connectivity index (χ1n) is 10.6. The van der Waals surface area contributed by atoms with E-state index in [0.717, 1.165) is 61.8 Å². The number of halogens is 3. The molecular weight excluding hydrogens is 407 g/mol. The summed E-state index contributed by atoms with van der Waals surface area (Å²) in [5, 5.41) is 5.96. The second-order valence-corrected chi connectivity index (χ2v) is 8.29. The lowest BCUT2D eigenvalue weighted by atomic mass is 10.0. The second kappa shape index (κ2) is 8.36. The molecular formula is C22H26F3N5O. The van der Waals surface area contributed by atoms with Crippen molar-refractivity contribution >= 4 is 23.4 Å². The van der Waals surface area contributed by atoms with E-state index in [1.807, 2.05) is 0 Å². The van der Waals surface area contributed by atoms with Gasteiger partial charge in [-0.15, -0.1) is 0 Å². The number of fused-ring (bicyclic) bond motifs is 1. The van der Waals surface area contributed by atoms with E-state index in [9.17, 15) is 18.0 Å². The van der Waals surface area contributed by atoms with Gasteiger partial charge in [-0.25, -0.2) is 4.98 Å². The average Bonchev–Trinajstić information content (AvgIpc) is 3.16. The highest BCUT2D eigenvalue weighted by atomic mass is 19.4. The van der Waals surface area contributed by atoms with Gasteiger partial charge in [-0.2, -0.15) is 18.2 Å². The Morgan fingerprint density at radius 1 is 1.19 bits per heavy atom. The highest BCUT2D eigenvalue weighted by Gasteiger charge is 2.33. The molecule has 1 aromatic carbocycles. The minimum Gasteiger partial charge on any atom is -0.354 e. The van der Waals surface area contributed by atoms with E-state index in [0.29, 0.717) is 18.2 Å². The standard InChI is InChI=1S/C22H26F3N5O/c1-13-8-9-15(11-18(13)22(23,24)25)27-21-28-19-7-3-6-17(19)20(29-21)30-10-4-5-16(12-30)26-14(2)31/h8-9,11,16H,3-7,10,12H2,1-2H3,(H,26,31)(H,27,28,29)/t16-/m1/s1. The number of carbonyl (C=O) groups is 1. The van der Waals surface area contributed by atoms with Crippen LogP contribution < -0.4 is 15.5 Å². The van der Waals surface area contributed by atoms with Crippen molar-refractivity contribution in [1.29, 1.82) is 0 Å². The SMILES string of the molecule is CC(=O)N[C@@H]1CCCN(c2nc(Nc3ccc(C)c(C(F)(F)F)c3)nc3c2CCC3)C1. The number of nitrogens with zero attached hydrogens (tertiary/aromatic N) is 3. The summed E-state index contributed by atoms with van der Waals surface area (Å²) >= 11 is 0. The molecule has 4 rings (SSSR count). The van der Waals surface area contributed by atoms with E-state index in [-0.39, 0.29) is 17.5 Å². The number of hydrogen-bond donors (Lipinski definition) is 2. The minimum absolute atomic E-state index is 0.0537. The monoisotopic (exact) mass is 433 g/mol. The fourth-order valence-electron chi connectivity index (χ4n) is 4.44.